The Morgan fingerprint density at radius 2 is 1.61 bits per heavy atom. The first kappa shape index (κ1) is 20.6. The van der Waals surface area contributed by atoms with Crippen molar-refractivity contribution in [2.24, 2.45) is 0 Å². The zero-order valence-electron chi connectivity index (χ0n) is 17.1. The highest BCUT2D eigenvalue weighted by atomic mass is 19.4. The number of hydrogen-bond acceptors (Lipinski definition) is 4. The second-order valence-electron chi connectivity index (χ2n) is 7.39. The van der Waals surface area contributed by atoms with Crippen molar-refractivity contribution in [3.63, 3.8) is 0 Å². The molecule has 2 heterocycles. The largest absolute Gasteiger partial charge is 0.457 e. The minimum atomic E-state index is -4.61. The average Bonchev–Trinajstić information content (AvgIpc) is 3.22. The fourth-order valence-electron chi connectivity index (χ4n) is 3.67. The molecule has 0 spiro atoms. The highest BCUT2D eigenvalue weighted by Gasteiger charge is 2.36. The molecule has 0 saturated carbocycles. The molecular weight excluding hydrogens is 429 g/mol. The van der Waals surface area contributed by atoms with Gasteiger partial charge in [-0.25, -0.2) is 9.97 Å². The van der Waals surface area contributed by atoms with Crippen molar-refractivity contribution in [3.8, 4) is 33.9 Å². The van der Waals surface area contributed by atoms with Crippen LogP contribution < -0.4 is 10.5 Å². The Labute approximate surface area is 186 Å². The molecule has 5 rings (SSSR count). The number of alkyl halides is 3. The molecule has 5 aromatic rings. The molecule has 0 aliphatic carbocycles. The quantitative estimate of drug-likeness (QED) is 0.323. The number of aromatic nitrogens is 3. The Morgan fingerprint density at radius 3 is 2.39 bits per heavy atom. The van der Waals surface area contributed by atoms with Crippen molar-refractivity contribution in [1.29, 1.82) is 0 Å². The Bertz CT molecular complexity index is 1450. The fraction of sp³-hybridized carbons (Fsp3) is 0.0400. The van der Waals surface area contributed by atoms with Crippen LogP contribution in [-0.4, -0.2) is 15.0 Å². The number of para-hydroxylation sites is 1. The third-order valence-corrected chi connectivity index (χ3v) is 5.20. The summed E-state index contributed by atoms with van der Waals surface area (Å²) in [5, 5.41) is 0.596. The first-order valence-electron chi connectivity index (χ1n) is 10.0. The Hall–Kier alpha value is -4.33. The zero-order valence-corrected chi connectivity index (χ0v) is 17.1. The molecule has 0 fully saturated rings. The number of ether oxygens (including phenoxy) is 1. The summed E-state index contributed by atoms with van der Waals surface area (Å²) in [7, 11) is 0. The lowest BCUT2D eigenvalue weighted by Crippen LogP contribution is -2.10. The fourth-order valence-corrected chi connectivity index (χ4v) is 3.67. The molecule has 33 heavy (non-hydrogen) atoms. The summed E-state index contributed by atoms with van der Waals surface area (Å²) >= 11 is 0. The number of H-pyrrole nitrogens is 1. The van der Waals surface area contributed by atoms with Gasteiger partial charge >= 0.3 is 6.18 Å². The van der Waals surface area contributed by atoms with Crippen molar-refractivity contribution >= 4 is 16.9 Å². The van der Waals surface area contributed by atoms with E-state index in [0.29, 0.717) is 28.4 Å². The van der Waals surface area contributed by atoms with Crippen LogP contribution in [0.1, 0.15) is 5.56 Å². The van der Waals surface area contributed by atoms with Crippen molar-refractivity contribution in [1.82, 2.24) is 15.0 Å². The summed E-state index contributed by atoms with van der Waals surface area (Å²) < 4.78 is 46.4. The average molecular weight is 446 g/mol. The molecule has 0 amide bonds. The van der Waals surface area contributed by atoms with Crippen LogP contribution >= 0.6 is 0 Å². The normalized spacial score (nSPS) is 11.6. The highest BCUT2D eigenvalue weighted by Crippen LogP contribution is 2.39. The van der Waals surface area contributed by atoms with Gasteiger partial charge in [0.2, 0.25) is 5.95 Å². The lowest BCUT2D eigenvalue weighted by molar-refractivity contribution is -0.137. The van der Waals surface area contributed by atoms with Crippen LogP contribution in [0.15, 0.2) is 85.2 Å². The second kappa shape index (κ2) is 7.98. The maximum absolute atomic E-state index is 13.5. The van der Waals surface area contributed by atoms with Crippen LogP contribution in [0.4, 0.5) is 19.1 Å². The second-order valence-corrected chi connectivity index (χ2v) is 7.39. The van der Waals surface area contributed by atoms with E-state index in [1.807, 2.05) is 66.7 Å². The lowest BCUT2D eigenvalue weighted by atomic mass is 10.0. The van der Waals surface area contributed by atoms with E-state index in [1.54, 1.807) is 6.07 Å². The van der Waals surface area contributed by atoms with E-state index in [4.69, 9.17) is 10.5 Å². The molecule has 0 bridgehead atoms. The van der Waals surface area contributed by atoms with Gasteiger partial charge < -0.3 is 15.5 Å². The molecule has 2 aromatic heterocycles. The van der Waals surface area contributed by atoms with Crippen LogP contribution in [-0.2, 0) is 6.18 Å². The Balaban J connectivity index is 1.53. The van der Waals surface area contributed by atoms with Gasteiger partial charge in [-0.2, -0.15) is 13.2 Å². The number of nitrogen functional groups attached to an aromatic ring is 1. The number of halogens is 3. The van der Waals surface area contributed by atoms with Crippen LogP contribution in [0.2, 0.25) is 0 Å². The molecule has 0 atom stereocenters. The molecule has 5 nitrogen and oxygen atoms in total. The number of aromatic amines is 1. The number of benzene rings is 3. The molecule has 8 heteroatoms. The van der Waals surface area contributed by atoms with Crippen molar-refractivity contribution < 1.29 is 17.9 Å². The van der Waals surface area contributed by atoms with Gasteiger partial charge in [0.1, 0.15) is 17.1 Å². The third-order valence-electron chi connectivity index (χ3n) is 5.20. The minimum Gasteiger partial charge on any atom is -0.457 e. The lowest BCUT2D eigenvalue weighted by Gasteiger charge is -2.11. The number of rotatable bonds is 4. The van der Waals surface area contributed by atoms with Gasteiger partial charge in [0.25, 0.3) is 0 Å². The van der Waals surface area contributed by atoms with Crippen molar-refractivity contribution in [2.75, 3.05) is 5.73 Å². The summed E-state index contributed by atoms with van der Waals surface area (Å²) in [5.41, 5.74) is 7.15. The van der Waals surface area contributed by atoms with E-state index in [2.05, 4.69) is 15.0 Å². The molecule has 0 radical (unpaired) electrons. The van der Waals surface area contributed by atoms with Crippen molar-refractivity contribution in [2.45, 2.75) is 6.18 Å². The minimum absolute atomic E-state index is 0.223. The number of nitrogens with two attached hydrogens (primary N) is 1. The zero-order chi connectivity index (χ0) is 23.0. The monoisotopic (exact) mass is 446 g/mol. The molecule has 164 valence electrons. The SMILES string of the molecule is Nc1ncc(C(F)(F)F)c(-c2c[nH]c3cc(-c4cccc(Oc5ccccc5)c4)ccc23)n1. The van der Waals surface area contributed by atoms with Gasteiger partial charge in [-0.1, -0.05) is 42.5 Å². The first-order valence-corrected chi connectivity index (χ1v) is 10.0. The predicted molar refractivity (Wildman–Crippen MR) is 121 cm³/mol. The van der Waals surface area contributed by atoms with Gasteiger partial charge in [-0.3, -0.25) is 0 Å². The number of hydrogen-bond donors (Lipinski definition) is 2. The Kier molecular flexibility index (Phi) is 4.97. The number of nitrogens with one attached hydrogen (secondary N) is 1. The molecule has 0 aliphatic rings. The topological polar surface area (TPSA) is 76.8 Å². The van der Waals surface area contributed by atoms with Gasteiger partial charge in [-0.05, 0) is 41.5 Å². The van der Waals surface area contributed by atoms with E-state index >= 15 is 0 Å². The highest BCUT2D eigenvalue weighted by molar-refractivity contribution is 5.97. The van der Waals surface area contributed by atoms with Gasteiger partial charge in [0, 0.05) is 28.9 Å². The van der Waals surface area contributed by atoms with Crippen LogP contribution in [0.5, 0.6) is 11.5 Å². The maximum Gasteiger partial charge on any atom is 0.419 e. The summed E-state index contributed by atoms with van der Waals surface area (Å²) in [5.74, 6) is 1.18. The molecule has 3 N–H and O–H groups in total. The van der Waals surface area contributed by atoms with Gasteiger partial charge in [0.15, 0.2) is 0 Å². The Morgan fingerprint density at radius 1 is 0.848 bits per heavy atom. The summed E-state index contributed by atoms with van der Waals surface area (Å²) in [6, 6.07) is 22.5. The van der Waals surface area contributed by atoms with E-state index in [-0.39, 0.29) is 11.6 Å². The summed E-state index contributed by atoms with van der Waals surface area (Å²) in [4.78, 5) is 10.4. The van der Waals surface area contributed by atoms with Crippen LogP contribution in [0.3, 0.4) is 0 Å². The molecule has 0 aliphatic heterocycles. The van der Waals surface area contributed by atoms with E-state index in [0.717, 1.165) is 16.9 Å². The molecule has 0 unspecified atom stereocenters. The molecule has 3 aromatic carbocycles. The van der Waals surface area contributed by atoms with Crippen LogP contribution in [0, 0.1) is 0 Å². The van der Waals surface area contributed by atoms with E-state index < -0.39 is 11.7 Å². The molecular formula is C25H17F3N4O. The van der Waals surface area contributed by atoms with E-state index in [9.17, 15) is 13.2 Å². The predicted octanol–water partition coefficient (Wildman–Crippen LogP) is 6.69. The third kappa shape index (κ3) is 4.10. The van der Waals surface area contributed by atoms with E-state index in [1.165, 1.54) is 6.20 Å². The maximum atomic E-state index is 13.5. The first-order chi connectivity index (χ1) is 15.9. The van der Waals surface area contributed by atoms with Gasteiger partial charge in [0.05, 0.1) is 5.69 Å². The summed E-state index contributed by atoms with van der Waals surface area (Å²) in [6.45, 7) is 0. The van der Waals surface area contributed by atoms with Crippen molar-refractivity contribution in [3.05, 3.63) is 90.8 Å². The molecule has 0 saturated heterocycles. The van der Waals surface area contributed by atoms with Gasteiger partial charge in [-0.15, -0.1) is 0 Å². The van der Waals surface area contributed by atoms with Crippen LogP contribution in [0.25, 0.3) is 33.3 Å². The number of nitrogens with zero attached hydrogens (tertiary/aromatic N) is 2. The summed E-state index contributed by atoms with van der Waals surface area (Å²) in [6.07, 6.45) is -2.39. The number of anilines is 1. The standard InChI is InChI=1S/C25H17F3N4O/c26-25(27,28)21-14-31-24(29)32-23(21)20-13-30-22-12-16(9-10-19(20)22)15-5-4-8-18(11-15)33-17-6-2-1-3-7-17/h1-14,30H,(H2,29,31,32). The number of fused-ring (bicyclic) bond motifs is 1. The smallest absolute Gasteiger partial charge is 0.419 e.